The van der Waals surface area contributed by atoms with Gasteiger partial charge in [0, 0.05) is 38.8 Å². The van der Waals surface area contributed by atoms with Gasteiger partial charge in [-0.15, -0.1) is 0 Å². The Labute approximate surface area is 123 Å². The van der Waals surface area contributed by atoms with E-state index >= 15 is 0 Å². The van der Waals surface area contributed by atoms with Crippen molar-refractivity contribution in [3.8, 4) is 0 Å². The van der Waals surface area contributed by atoms with Crippen molar-refractivity contribution in [2.75, 3.05) is 39.8 Å². The SMILES string of the molecule is CNC(=O)CN1CCCN(C(=O)c2ccc(F)cc2)CC1. The third-order valence-corrected chi connectivity index (χ3v) is 3.61. The van der Waals surface area contributed by atoms with Gasteiger partial charge < -0.3 is 10.2 Å². The number of hydrogen-bond acceptors (Lipinski definition) is 3. The first-order chi connectivity index (χ1) is 10.1. The van der Waals surface area contributed by atoms with Crippen LogP contribution in [-0.4, -0.2) is 61.4 Å². The van der Waals surface area contributed by atoms with Crippen LogP contribution in [0.5, 0.6) is 0 Å². The van der Waals surface area contributed by atoms with Gasteiger partial charge in [-0.05, 0) is 30.7 Å². The first-order valence-electron chi connectivity index (χ1n) is 7.08. The highest BCUT2D eigenvalue weighted by atomic mass is 19.1. The first kappa shape index (κ1) is 15.4. The number of rotatable bonds is 3. The lowest BCUT2D eigenvalue weighted by atomic mass is 10.2. The van der Waals surface area contributed by atoms with Gasteiger partial charge in [-0.1, -0.05) is 0 Å². The van der Waals surface area contributed by atoms with E-state index in [0.717, 1.165) is 13.0 Å². The van der Waals surface area contributed by atoms with Crippen LogP contribution in [0.3, 0.4) is 0 Å². The van der Waals surface area contributed by atoms with E-state index in [9.17, 15) is 14.0 Å². The Balaban J connectivity index is 1.94. The van der Waals surface area contributed by atoms with E-state index in [4.69, 9.17) is 0 Å². The van der Waals surface area contributed by atoms with Crippen molar-refractivity contribution in [1.82, 2.24) is 15.1 Å². The van der Waals surface area contributed by atoms with E-state index in [-0.39, 0.29) is 17.6 Å². The average molecular weight is 293 g/mol. The molecule has 1 aromatic rings. The van der Waals surface area contributed by atoms with Gasteiger partial charge in [0.1, 0.15) is 5.82 Å². The number of carbonyl (C=O) groups is 2. The summed E-state index contributed by atoms with van der Waals surface area (Å²) in [5.74, 6) is -0.454. The highest BCUT2D eigenvalue weighted by Crippen LogP contribution is 2.10. The molecule has 0 atom stereocenters. The lowest BCUT2D eigenvalue weighted by Gasteiger charge is -2.21. The lowest BCUT2D eigenvalue weighted by molar-refractivity contribution is -0.121. The third-order valence-electron chi connectivity index (χ3n) is 3.61. The molecule has 0 saturated carbocycles. The van der Waals surface area contributed by atoms with Crippen LogP contribution in [-0.2, 0) is 4.79 Å². The number of nitrogens with zero attached hydrogens (tertiary/aromatic N) is 2. The Morgan fingerprint density at radius 3 is 2.52 bits per heavy atom. The Hall–Kier alpha value is -1.95. The van der Waals surface area contributed by atoms with Crippen molar-refractivity contribution < 1.29 is 14.0 Å². The van der Waals surface area contributed by atoms with E-state index in [1.807, 2.05) is 4.90 Å². The van der Waals surface area contributed by atoms with Gasteiger partial charge >= 0.3 is 0 Å². The van der Waals surface area contributed by atoms with E-state index in [1.54, 1.807) is 11.9 Å². The maximum absolute atomic E-state index is 12.9. The van der Waals surface area contributed by atoms with Crippen molar-refractivity contribution in [2.45, 2.75) is 6.42 Å². The molecule has 5 nitrogen and oxygen atoms in total. The molecule has 0 bridgehead atoms. The monoisotopic (exact) mass is 293 g/mol. The number of likely N-dealkylation sites (N-methyl/N-ethyl adjacent to an activating group) is 1. The van der Waals surface area contributed by atoms with Crippen LogP contribution < -0.4 is 5.32 Å². The number of amides is 2. The van der Waals surface area contributed by atoms with Gasteiger partial charge in [-0.25, -0.2) is 4.39 Å². The molecule has 6 heteroatoms. The number of benzene rings is 1. The minimum Gasteiger partial charge on any atom is -0.358 e. The Bertz CT molecular complexity index is 504. The second-order valence-electron chi connectivity index (χ2n) is 5.10. The zero-order valence-electron chi connectivity index (χ0n) is 12.1. The third kappa shape index (κ3) is 4.26. The zero-order valence-corrected chi connectivity index (χ0v) is 12.1. The molecule has 1 aliphatic rings. The second-order valence-corrected chi connectivity index (χ2v) is 5.10. The molecule has 1 N–H and O–H groups in total. The molecule has 0 unspecified atom stereocenters. The van der Waals surface area contributed by atoms with Crippen LogP contribution in [0.4, 0.5) is 4.39 Å². The van der Waals surface area contributed by atoms with Gasteiger partial charge in [0.2, 0.25) is 5.91 Å². The molecule has 1 aliphatic heterocycles. The van der Waals surface area contributed by atoms with Gasteiger partial charge in [0.25, 0.3) is 5.91 Å². The molecule has 0 aliphatic carbocycles. The summed E-state index contributed by atoms with van der Waals surface area (Å²) in [6.07, 6.45) is 0.823. The normalized spacial score (nSPS) is 16.4. The standard InChI is InChI=1S/C15H20FN3O2/c1-17-14(20)11-18-7-2-8-19(10-9-18)15(21)12-3-5-13(16)6-4-12/h3-6H,2,7-11H2,1H3,(H,17,20). The molecule has 1 aromatic carbocycles. The maximum atomic E-state index is 12.9. The van der Waals surface area contributed by atoms with Gasteiger partial charge in [-0.2, -0.15) is 0 Å². The van der Waals surface area contributed by atoms with Crippen LogP contribution in [0, 0.1) is 5.82 Å². The van der Waals surface area contributed by atoms with Crippen molar-refractivity contribution in [3.63, 3.8) is 0 Å². The highest BCUT2D eigenvalue weighted by molar-refractivity contribution is 5.94. The molecule has 0 spiro atoms. The average Bonchev–Trinajstić information content (AvgIpc) is 2.73. The molecular formula is C15H20FN3O2. The summed E-state index contributed by atoms with van der Waals surface area (Å²) in [6.45, 7) is 3.05. The summed E-state index contributed by atoms with van der Waals surface area (Å²) in [6, 6.07) is 5.60. The molecule has 21 heavy (non-hydrogen) atoms. The Morgan fingerprint density at radius 1 is 1.14 bits per heavy atom. The van der Waals surface area contributed by atoms with E-state index in [2.05, 4.69) is 5.32 Å². The lowest BCUT2D eigenvalue weighted by Crippen LogP contribution is -2.39. The summed E-state index contributed by atoms with van der Waals surface area (Å²) in [4.78, 5) is 27.5. The molecule has 0 radical (unpaired) electrons. The summed E-state index contributed by atoms with van der Waals surface area (Å²) >= 11 is 0. The molecular weight excluding hydrogens is 273 g/mol. The van der Waals surface area contributed by atoms with Crippen LogP contribution in [0.25, 0.3) is 0 Å². The van der Waals surface area contributed by atoms with E-state index < -0.39 is 0 Å². The van der Waals surface area contributed by atoms with Crippen LogP contribution in [0.2, 0.25) is 0 Å². The molecule has 2 rings (SSSR count). The fraction of sp³-hybridized carbons (Fsp3) is 0.467. The molecule has 0 aromatic heterocycles. The largest absolute Gasteiger partial charge is 0.358 e. The summed E-state index contributed by atoms with van der Waals surface area (Å²) < 4.78 is 12.9. The quantitative estimate of drug-likeness (QED) is 0.893. The van der Waals surface area contributed by atoms with E-state index in [1.165, 1.54) is 24.3 Å². The topological polar surface area (TPSA) is 52.7 Å². The number of hydrogen-bond donors (Lipinski definition) is 1. The van der Waals surface area contributed by atoms with E-state index in [0.29, 0.717) is 31.7 Å². The smallest absolute Gasteiger partial charge is 0.253 e. The van der Waals surface area contributed by atoms with Crippen molar-refractivity contribution in [2.24, 2.45) is 0 Å². The Kier molecular flexibility index (Phi) is 5.27. The summed E-state index contributed by atoms with van der Waals surface area (Å²) in [5.41, 5.74) is 0.496. The van der Waals surface area contributed by atoms with Gasteiger partial charge in [0.15, 0.2) is 0 Å². The molecule has 1 heterocycles. The summed E-state index contributed by atoms with van der Waals surface area (Å²) in [5, 5.41) is 2.60. The predicted molar refractivity (Wildman–Crippen MR) is 77.4 cm³/mol. The number of halogens is 1. The van der Waals surface area contributed by atoms with Crippen molar-refractivity contribution in [1.29, 1.82) is 0 Å². The highest BCUT2D eigenvalue weighted by Gasteiger charge is 2.21. The van der Waals surface area contributed by atoms with Crippen LogP contribution in [0.1, 0.15) is 16.8 Å². The van der Waals surface area contributed by atoms with Gasteiger partial charge in [0.05, 0.1) is 6.54 Å². The molecule has 114 valence electrons. The van der Waals surface area contributed by atoms with Crippen molar-refractivity contribution in [3.05, 3.63) is 35.6 Å². The fourth-order valence-electron chi connectivity index (χ4n) is 2.39. The number of carbonyl (C=O) groups excluding carboxylic acids is 2. The predicted octanol–water partition coefficient (Wildman–Crippen LogP) is 0.720. The second kappa shape index (κ2) is 7.17. The minimum atomic E-state index is -0.348. The molecule has 1 saturated heterocycles. The van der Waals surface area contributed by atoms with Crippen LogP contribution >= 0.6 is 0 Å². The van der Waals surface area contributed by atoms with Crippen molar-refractivity contribution >= 4 is 11.8 Å². The first-order valence-corrected chi connectivity index (χ1v) is 7.08. The molecule has 1 fully saturated rings. The van der Waals surface area contributed by atoms with Gasteiger partial charge in [-0.3, -0.25) is 14.5 Å². The Morgan fingerprint density at radius 2 is 1.86 bits per heavy atom. The summed E-state index contributed by atoms with van der Waals surface area (Å²) in [7, 11) is 1.62. The number of nitrogens with one attached hydrogen (secondary N) is 1. The van der Waals surface area contributed by atoms with Crippen LogP contribution in [0.15, 0.2) is 24.3 Å². The fourth-order valence-corrected chi connectivity index (χ4v) is 2.39. The molecule has 2 amide bonds. The zero-order chi connectivity index (χ0) is 15.2. The minimum absolute atomic E-state index is 0.0201. The maximum Gasteiger partial charge on any atom is 0.253 e.